The van der Waals surface area contributed by atoms with Crippen molar-refractivity contribution in [2.75, 3.05) is 6.61 Å². The predicted molar refractivity (Wildman–Crippen MR) is 79.3 cm³/mol. The van der Waals surface area contributed by atoms with E-state index in [4.69, 9.17) is 5.11 Å². The number of rotatable bonds is 4. The maximum absolute atomic E-state index is 13.9. The molecule has 1 saturated carbocycles. The molecule has 0 aliphatic heterocycles. The van der Waals surface area contributed by atoms with Crippen molar-refractivity contribution >= 4 is 5.91 Å². The lowest BCUT2D eigenvalue weighted by molar-refractivity contribution is 0.0820. The van der Waals surface area contributed by atoms with Crippen molar-refractivity contribution in [2.24, 2.45) is 0 Å². The van der Waals surface area contributed by atoms with Gasteiger partial charge in [-0.15, -0.1) is 0 Å². The Hall–Kier alpha value is -1.86. The van der Waals surface area contributed by atoms with Gasteiger partial charge in [-0.1, -0.05) is 18.8 Å². The van der Waals surface area contributed by atoms with E-state index in [9.17, 15) is 9.18 Å². The molecule has 21 heavy (non-hydrogen) atoms. The van der Waals surface area contributed by atoms with E-state index in [1.54, 1.807) is 6.07 Å². The molecule has 0 heterocycles. The van der Waals surface area contributed by atoms with E-state index >= 15 is 0 Å². The third-order valence-corrected chi connectivity index (χ3v) is 4.06. The summed E-state index contributed by atoms with van der Waals surface area (Å²) in [5, 5.41) is 11.7. The van der Waals surface area contributed by atoms with Crippen LogP contribution in [0.15, 0.2) is 18.2 Å². The van der Waals surface area contributed by atoms with Crippen molar-refractivity contribution in [1.29, 1.82) is 0 Å². The maximum Gasteiger partial charge on any atom is 0.251 e. The van der Waals surface area contributed by atoms with Gasteiger partial charge in [0, 0.05) is 17.5 Å². The summed E-state index contributed by atoms with van der Waals surface area (Å²) in [4.78, 5) is 12.2. The lowest BCUT2D eigenvalue weighted by atomic mass is 9.74. The Morgan fingerprint density at radius 3 is 2.76 bits per heavy atom. The Morgan fingerprint density at radius 1 is 1.48 bits per heavy atom. The molecule has 1 aromatic rings. The summed E-state index contributed by atoms with van der Waals surface area (Å²) < 4.78 is 13.9. The molecular formula is C17H20FNO2. The fourth-order valence-corrected chi connectivity index (χ4v) is 2.45. The van der Waals surface area contributed by atoms with E-state index < -0.39 is 5.82 Å². The van der Waals surface area contributed by atoms with Crippen LogP contribution in [0.25, 0.3) is 0 Å². The topological polar surface area (TPSA) is 49.3 Å². The molecule has 4 heteroatoms. The molecule has 1 aromatic carbocycles. The van der Waals surface area contributed by atoms with Crippen molar-refractivity contribution < 1.29 is 14.3 Å². The highest BCUT2D eigenvalue weighted by Crippen LogP contribution is 2.34. The third-order valence-electron chi connectivity index (χ3n) is 4.06. The first-order valence-corrected chi connectivity index (χ1v) is 7.32. The number of benzene rings is 1. The normalized spacial score (nSPS) is 15.6. The van der Waals surface area contributed by atoms with E-state index in [2.05, 4.69) is 24.1 Å². The van der Waals surface area contributed by atoms with Gasteiger partial charge in [-0.25, -0.2) is 4.39 Å². The summed E-state index contributed by atoms with van der Waals surface area (Å²) in [6, 6.07) is 4.32. The number of carbonyl (C=O) groups is 1. The van der Waals surface area contributed by atoms with Gasteiger partial charge in [0.15, 0.2) is 0 Å². The molecule has 0 radical (unpaired) electrons. The number of carbonyl (C=O) groups excluding carboxylic acids is 1. The molecule has 3 nitrogen and oxygen atoms in total. The summed E-state index contributed by atoms with van der Waals surface area (Å²) in [5.74, 6) is 4.57. The molecule has 1 fully saturated rings. The largest absolute Gasteiger partial charge is 0.395 e. The van der Waals surface area contributed by atoms with Crippen LogP contribution in [0.3, 0.4) is 0 Å². The number of halogens is 1. The number of hydrogen-bond acceptors (Lipinski definition) is 2. The zero-order valence-corrected chi connectivity index (χ0v) is 12.2. The van der Waals surface area contributed by atoms with Crippen LogP contribution in [-0.4, -0.2) is 23.2 Å². The zero-order chi connectivity index (χ0) is 15.3. The lowest BCUT2D eigenvalue weighted by Crippen LogP contribution is -2.52. The Balaban J connectivity index is 2.09. The average Bonchev–Trinajstić information content (AvgIpc) is 2.44. The van der Waals surface area contributed by atoms with Crippen LogP contribution in [-0.2, 0) is 0 Å². The molecule has 1 aliphatic rings. The highest BCUT2D eigenvalue weighted by Gasteiger charge is 2.36. The predicted octanol–water partition coefficient (Wildman–Crippen LogP) is 2.62. The average molecular weight is 289 g/mol. The van der Waals surface area contributed by atoms with Crippen LogP contribution in [0.2, 0.25) is 0 Å². The van der Waals surface area contributed by atoms with Crippen molar-refractivity contribution in [2.45, 2.75) is 44.6 Å². The van der Waals surface area contributed by atoms with Crippen molar-refractivity contribution in [3.8, 4) is 11.8 Å². The minimum absolute atomic E-state index is 0.0474. The highest BCUT2D eigenvalue weighted by atomic mass is 19.1. The molecule has 0 spiro atoms. The van der Waals surface area contributed by atoms with E-state index in [1.165, 1.54) is 12.1 Å². The van der Waals surface area contributed by atoms with E-state index in [0.717, 1.165) is 25.7 Å². The second kappa shape index (κ2) is 6.73. The summed E-state index contributed by atoms with van der Waals surface area (Å²) >= 11 is 0. The molecule has 0 atom stereocenters. The molecular weight excluding hydrogens is 269 g/mol. The standard InChI is InChI=1S/C17H20FNO2/c1-2-17(9-5-10-17)19-16(21)14-8-7-13(15(18)12-14)6-3-4-11-20/h7-8,12,20H,2,4-5,9-11H2,1H3,(H,19,21). The highest BCUT2D eigenvalue weighted by molar-refractivity contribution is 5.94. The summed E-state index contributed by atoms with van der Waals surface area (Å²) in [7, 11) is 0. The first-order valence-electron chi connectivity index (χ1n) is 7.32. The van der Waals surface area contributed by atoms with Crippen molar-refractivity contribution in [3.05, 3.63) is 35.1 Å². The number of hydrogen-bond donors (Lipinski definition) is 2. The van der Waals surface area contributed by atoms with Gasteiger partial charge in [0.25, 0.3) is 5.91 Å². The lowest BCUT2D eigenvalue weighted by Gasteiger charge is -2.42. The van der Waals surface area contributed by atoms with Gasteiger partial charge in [-0.05, 0) is 43.9 Å². The minimum atomic E-state index is -0.507. The molecule has 1 amide bonds. The van der Waals surface area contributed by atoms with Gasteiger partial charge in [0.2, 0.25) is 0 Å². The molecule has 1 aliphatic carbocycles. The minimum Gasteiger partial charge on any atom is -0.395 e. The SMILES string of the molecule is CCC1(NC(=O)c2ccc(C#CCCO)c(F)c2)CCC1. The zero-order valence-electron chi connectivity index (χ0n) is 12.2. The quantitative estimate of drug-likeness (QED) is 0.837. The number of aliphatic hydroxyl groups is 1. The number of amides is 1. The molecule has 112 valence electrons. The van der Waals surface area contributed by atoms with Gasteiger partial charge in [0.05, 0.1) is 12.2 Å². The van der Waals surface area contributed by atoms with Gasteiger partial charge < -0.3 is 10.4 Å². The monoisotopic (exact) mass is 289 g/mol. The van der Waals surface area contributed by atoms with Crippen LogP contribution >= 0.6 is 0 Å². The fraction of sp³-hybridized carbons (Fsp3) is 0.471. The Labute approximate surface area is 124 Å². The molecule has 0 aromatic heterocycles. The van der Waals surface area contributed by atoms with Crippen LogP contribution in [0, 0.1) is 17.7 Å². The molecule has 0 unspecified atom stereocenters. The molecule has 2 rings (SSSR count). The summed E-state index contributed by atoms with van der Waals surface area (Å²) in [5.41, 5.74) is 0.460. The van der Waals surface area contributed by atoms with Gasteiger partial charge in [0.1, 0.15) is 5.82 Å². The van der Waals surface area contributed by atoms with Gasteiger partial charge in [-0.2, -0.15) is 0 Å². The van der Waals surface area contributed by atoms with Crippen molar-refractivity contribution in [3.63, 3.8) is 0 Å². The van der Waals surface area contributed by atoms with Gasteiger partial charge in [-0.3, -0.25) is 4.79 Å². The molecule has 2 N–H and O–H groups in total. The van der Waals surface area contributed by atoms with E-state index in [1.807, 2.05) is 0 Å². The van der Waals surface area contributed by atoms with E-state index in [-0.39, 0.29) is 23.6 Å². The molecule has 0 saturated heterocycles. The Morgan fingerprint density at radius 2 is 2.24 bits per heavy atom. The smallest absolute Gasteiger partial charge is 0.251 e. The number of nitrogens with one attached hydrogen (secondary N) is 1. The second-order valence-electron chi connectivity index (χ2n) is 5.41. The fourth-order valence-electron chi connectivity index (χ4n) is 2.45. The Kier molecular flexibility index (Phi) is 4.98. The first kappa shape index (κ1) is 15.5. The van der Waals surface area contributed by atoms with Gasteiger partial charge >= 0.3 is 0 Å². The van der Waals surface area contributed by atoms with Crippen LogP contribution in [0.1, 0.15) is 54.9 Å². The number of aliphatic hydroxyl groups excluding tert-OH is 1. The first-order chi connectivity index (χ1) is 10.1. The summed E-state index contributed by atoms with van der Waals surface area (Å²) in [6.07, 6.45) is 4.30. The summed E-state index contributed by atoms with van der Waals surface area (Å²) in [6.45, 7) is 2.01. The van der Waals surface area contributed by atoms with E-state index in [0.29, 0.717) is 12.0 Å². The third kappa shape index (κ3) is 3.62. The Bertz CT molecular complexity index is 577. The van der Waals surface area contributed by atoms with Crippen molar-refractivity contribution in [1.82, 2.24) is 5.32 Å². The maximum atomic E-state index is 13.9. The van der Waals surface area contributed by atoms with Crippen LogP contribution in [0.5, 0.6) is 0 Å². The van der Waals surface area contributed by atoms with Crippen LogP contribution < -0.4 is 5.32 Å². The molecule has 0 bridgehead atoms. The second-order valence-corrected chi connectivity index (χ2v) is 5.41. The van der Waals surface area contributed by atoms with Crippen LogP contribution in [0.4, 0.5) is 4.39 Å².